The van der Waals surface area contributed by atoms with Gasteiger partial charge in [0, 0.05) is 38.2 Å². The summed E-state index contributed by atoms with van der Waals surface area (Å²) in [5.41, 5.74) is 3.59. The molecule has 0 saturated carbocycles. The number of carbonyl (C=O) groups excluding carboxylic acids is 2. The number of benzene rings is 2. The van der Waals surface area contributed by atoms with E-state index in [0.29, 0.717) is 19.6 Å². The molecular formula is C24H26N4O3. The first-order valence-electron chi connectivity index (χ1n) is 10.6. The second-order valence-electron chi connectivity index (χ2n) is 7.55. The van der Waals surface area contributed by atoms with Gasteiger partial charge in [-0.3, -0.25) is 9.59 Å². The average Bonchev–Trinajstić information content (AvgIpc) is 3.08. The molecule has 7 nitrogen and oxygen atoms in total. The number of rotatable bonds is 5. The lowest BCUT2D eigenvalue weighted by molar-refractivity contribution is -0.143. The highest BCUT2D eigenvalue weighted by Gasteiger charge is 2.23. The number of nitrogens with zero attached hydrogens (tertiary/aromatic N) is 4. The number of para-hydroxylation sites is 2. The average molecular weight is 418 g/mol. The SMILES string of the molecule is COC(=O)CCC(=O)N1CCCN(c2nc3ccccc3nc2-c2ccccc2)CC1. The van der Waals surface area contributed by atoms with Crippen molar-refractivity contribution in [3.8, 4) is 11.3 Å². The van der Waals surface area contributed by atoms with Crippen LogP contribution in [0.3, 0.4) is 0 Å². The predicted octanol–water partition coefficient (Wildman–Crippen LogP) is 3.29. The second kappa shape index (κ2) is 9.55. The Hall–Kier alpha value is -3.48. The van der Waals surface area contributed by atoms with Gasteiger partial charge in [0.2, 0.25) is 5.91 Å². The molecular weight excluding hydrogens is 392 g/mol. The molecule has 7 heteroatoms. The van der Waals surface area contributed by atoms with Crippen LogP contribution < -0.4 is 4.90 Å². The minimum atomic E-state index is -0.358. The van der Waals surface area contributed by atoms with Crippen molar-refractivity contribution in [2.75, 3.05) is 38.2 Å². The van der Waals surface area contributed by atoms with Crippen molar-refractivity contribution >= 4 is 28.7 Å². The van der Waals surface area contributed by atoms with Crippen molar-refractivity contribution in [3.63, 3.8) is 0 Å². The van der Waals surface area contributed by atoms with E-state index in [4.69, 9.17) is 9.97 Å². The first-order valence-corrected chi connectivity index (χ1v) is 10.6. The molecule has 0 atom stereocenters. The molecule has 0 N–H and O–H groups in total. The maximum absolute atomic E-state index is 12.5. The second-order valence-corrected chi connectivity index (χ2v) is 7.55. The molecule has 1 aliphatic rings. The lowest BCUT2D eigenvalue weighted by Gasteiger charge is -2.25. The summed E-state index contributed by atoms with van der Waals surface area (Å²) in [5.74, 6) is 0.470. The number of methoxy groups -OCH3 is 1. The highest BCUT2D eigenvalue weighted by atomic mass is 16.5. The molecule has 1 fully saturated rings. The monoisotopic (exact) mass is 418 g/mol. The highest BCUT2D eigenvalue weighted by Crippen LogP contribution is 2.30. The Morgan fingerprint density at radius 3 is 2.32 bits per heavy atom. The van der Waals surface area contributed by atoms with Gasteiger partial charge in [0.15, 0.2) is 5.82 Å². The third-order valence-corrected chi connectivity index (χ3v) is 5.52. The summed E-state index contributed by atoms with van der Waals surface area (Å²) < 4.78 is 4.64. The van der Waals surface area contributed by atoms with Gasteiger partial charge in [0.1, 0.15) is 5.69 Å². The summed E-state index contributed by atoms with van der Waals surface area (Å²) in [6.07, 6.45) is 1.12. The third-order valence-electron chi connectivity index (χ3n) is 5.52. The molecule has 0 spiro atoms. The quantitative estimate of drug-likeness (QED) is 0.592. The molecule has 4 rings (SSSR count). The topological polar surface area (TPSA) is 75.6 Å². The summed E-state index contributed by atoms with van der Waals surface area (Å²) in [4.78, 5) is 37.9. The fourth-order valence-corrected chi connectivity index (χ4v) is 3.85. The van der Waals surface area contributed by atoms with Crippen LogP contribution in [0.25, 0.3) is 22.3 Å². The minimum absolute atomic E-state index is 0.0138. The number of hydrogen-bond acceptors (Lipinski definition) is 6. The lowest BCUT2D eigenvalue weighted by atomic mass is 10.1. The standard InChI is InChI=1S/C24H26N4O3/c1-31-22(30)13-12-21(29)27-14-7-15-28(17-16-27)24-23(18-8-3-2-4-9-18)25-19-10-5-6-11-20(19)26-24/h2-6,8-11H,7,12-17H2,1H3. The summed E-state index contributed by atoms with van der Waals surface area (Å²) in [5, 5.41) is 0. The molecule has 31 heavy (non-hydrogen) atoms. The van der Waals surface area contributed by atoms with E-state index in [2.05, 4.69) is 9.64 Å². The summed E-state index contributed by atoms with van der Waals surface area (Å²) in [6.45, 7) is 2.70. The van der Waals surface area contributed by atoms with Crippen LogP contribution in [0.1, 0.15) is 19.3 Å². The van der Waals surface area contributed by atoms with E-state index in [0.717, 1.165) is 41.1 Å². The number of fused-ring (bicyclic) bond motifs is 1. The van der Waals surface area contributed by atoms with E-state index in [-0.39, 0.29) is 24.7 Å². The van der Waals surface area contributed by atoms with E-state index in [9.17, 15) is 9.59 Å². The molecule has 3 aromatic rings. The fraction of sp³-hybridized carbons (Fsp3) is 0.333. The zero-order chi connectivity index (χ0) is 21.6. The predicted molar refractivity (Wildman–Crippen MR) is 120 cm³/mol. The van der Waals surface area contributed by atoms with Gasteiger partial charge in [-0.05, 0) is 18.6 Å². The van der Waals surface area contributed by atoms with Crippen LogP contribution in [-0.2, 0) is 14.3 Å². The maximum atomic E-state index is 12.5. The molecule has 1 aliphatic heterocycles. The van der Waals surface area contributed by atoms with E-state index in [1.54, 1.807) is 0 Å². The molecule has 0 radical (unpaired) electrons. The molecule has 0 bridgehead atoms. The van der Waals surface area contributed by atoms with Crippen LogP contribution in [0.4, 0.5) is 5.82 Å². The van der Waals surface area contributed by atoms with Gasteiger partial charge in [0.25, 0.3) is 0 Å². The Kier molecular flexibility index (Phi) is 6.40. The van der Waals surface area contributed by atoms with Gasteiger partial charge in [-0.25, -0.2) is 9.97 Å². The van der Waals surface area contributed by atoms with Crippen molar-refractivity contribution in [1.29, 1.82) is 0 Å². The first-order chi connectivity index (χ1) is 15.2. The van der Waals surface area contributed by atoms with E-state index in [1.807, 2.05) is 59.5 Å². The van der Waals surface area contributed by atoms with Crippen molar-refractivity contribution < 1.29 is 14.3 Å². The molecule has 1 saturated heterocycles. The number of aromatic nitrogens is 2. The Balaban J connectivity index is 1.58. The van der Waals surface area contributed by atoms with Crippen molar-refractivity contribution in [2.45, 2.75) is 19.3 Å². The van der Waals surface area contributed by atoms with E-state index < -0.39 is 0 Å². The molecule has 1 aromatic heterocycles. The zero-order valence-electron chi connectivity index (χ0n) is 17.7. The number of amides is 1. The fourth-order valence-electron chi connectivity index (χ4n) is 3.85. The lowest BCUT2D eigenvalue weighted by Crippen LogP contribution is -2.35. The third kappa shape index (κ3) is 4.82. The number of esters is 1. The minimum Gasteiger partial charge on any atom is -0.469 e. The van der Waals surface area contributed by atoms with E-state index >= 15 is 0 Å². The van der Waals surface area contributed by atoms with Crippen LogP contribution in [0.15, 0.2) is 54.6 Å². The highest BCUT2D eigenvalue weighted by molar-refractivity contribution is 5.84. The van der Waals surface area contributed by atoms with Gasteiger partial charge in [0.05, 0.1) is 24.6 Å². The van der Waals surface area contributed by atoms with Crippen molar-refractivity contribution in [2.24, 2.45) is 0 Å². The Morgan fingerprint density at radius 1 is 0.871 bits per heavy atom. The van der Waals surface area contributed by atoms with Gasteiger partial charge >= 0.3 is 5.97 Å². The van der Waals surface area contributed by atoms with Crippen LogP contribution in [0.2, 0.25) is 0 Å². The molecule has 2 aromatic carbocycles. The molecule has 160 valence electrons. The summed E-state index contributed by atoms with van der Waals surface area (Å²) >= 11 is 0. The van der Waals surface area contributed by atoms with Crippen LogP contribution in [0.5, 0.6) is 0 Å². The number of carbonyl (C=O) groups is 2. The number of hydrogen-bond donors (Lipinski definition) is 0. The van der Waals surface area contributed by atoms with E-state index in [1.165, 1.54) is 7.11 Å². The van der Waals surface area contributed by atoms with Gasteiger partial charge < -0.3 is 14.5 Å². The smallest absolute Gasteiger partial charge is 0.306 e. The molecule has 0 unspecified atom stereocenters. The number of anilines is 1. The van der Waals surface area contributed by atoms with Gasteiger partial charge in [-0.2, -0.15) is 0 Å². The number of ether oxygens (including phenoxy) is 1. The molecule has 0 aliphatic carbocycles. The van der Waals surface area contributed by atoms with Crippen LogP contribution in [-0.4, -0.2) is 60.0 Å². The molecule has 1 amide bonds. The van der Waals surface area contributed by atoms with Crippen molar-refractivity contribution in [3.05, 3.63) is 54.6 Å². The largest absolute Gasteiger partial charge is 0.469 e. The van der Waals surface area contributed by atoms with Crippen molar-refractivity contribution in [1.82, 2.24) is 14.9 Å². The normalized spacial score (nSPS) is 14.4. The summed E-state index contributed by atoms with van der Waals surface area (Å²) in [7, 11) is 1.34. The first kappa shape index (κ1) is 20.8. The Labute approximate surface area is 181 Å². The summed E-state index contributed by atoms with van der Waals surface area (Å²) in [6, 6.07) is 18.0. The van der Waals surface area contributed by atoms with Crippen LogP contribution in [0, 0.1) is 0 Å². The molecule has 2 heterocycles. The van der Waals surface area contributed by atoms with Gasteiger partial charge in [-0.15, -0.1) is 0 Å². The van der Waals surface area contributed by atoms with Gasteiger partial charge in [-0.1, -0.05) is 42.5 Å². The zero-order valence-corrected chi connectivity index (χ0v) is 17.7. The van der Waals surface area contributed by atoms with Crippen LogP contribution >= 0.6 is 0 Å². The Bertz CT molecular complexity index is 1070. The maximum Gasteiger partial charge on any atom is 0.306 e. The Morgan fingerprint density at radius 2 is 1.58 bits per heavy atom.